The van der Waals surface area contributed by atoms with Crippen molar-refractivity contribution in [2.45, 2.75) is 37.8 Å². The van der Waals surface area contributed by atoms with Crippen molar-refractivity contribution in [2.24, 2.45) is 5.73 Å². The molecule has 1 aromatic carbocycles. The summed E-state index contributed by atoms with van der Waals surface area (Å²) in [4.78, 5) is 0.143. The van der Waals surface area contributed by atoms with Crippen LogP contribution < -0.4 is 5.73 Å². The van der Waals surface area contributed by atoms with Crippen molar-refractivity contribution in [2.75, 3.05) is 0 Å². The molecule has 90 valence electrons. The van der Waals surface area contributed by atoms with E-state index in [1.165, 1.54) is 12.1 Å². The molecule has 0 aliphatic rings. The second kappa shape index (κ2) is 5.43. The molecule has 0 heterocycles. The molecular formula is C11H17NO3S. The number of rotatable bonds is 5. The highest BCUT2D eigenvalue weighted by atomic mass is 32.2. The molecule has 0 saturated carbocycles. The minimum atomic E-state index is -3.72. The second-order valence-electron chi connectivity index (χ2n) is 3.69. The molecule has 4 nitrogen and oxygen atoms in total. The molecule has 0 saturated heterocycles. The van der Waals surface area contributed by atoms with Gasteiger partial charge < -0.3 is 5.73 Å². The Morgan fingerprint density at radius 3 is 2.38 bits per heavy atom. The van der Waals surface area contributed by atoms with Gasteiger partial charge in [0.25, 0.3) is 10.1 Å². The molecule has 1 aromatic rings. The lowest BCUT2D eigenvalue weighted by atomic mass is 10.2. The van der Waals surface area contributed by atoms with Crippen LogP contribution in [0.2, 0.25) is 0 Å². The number of nitrogens with two attached hydrogens (primary N) is 1. The molecule has 5 heteroatoms. The van der Waals surface area contributed by atoms with E-state index in [4.69, 9.17) is 9.92 Å². The number of hydrogen-bond donors (Lipinski definition) is 1. The van der Waals surface area contributed by atoms with Crippen LogP contribution in [0.4, 0.5) is 0 Å². The maximum Gasteiger partial charge on any atom is 0.298 e. The maximum atomic E-state index is 11.7. The third-order valence-corrected chi connectivity index (χ3v) is 3.48. The molecule has 0 aliphatic heterocycles. The molecule has 0 aliphatic carbocycles. The Morgan fingerprint density at radius 1 is 1.31 bits per heavy atom. The van der Waals surface area contributed by atoms with Crippen LogP contribution in [0.3, 0.4) is 0 Å². The third kappa shape index (κ3) is 3.59. The van der Waals surface area contributed by atoms with Crippen LogP contribution in [-0.2, 0) is 14.3 Å². The van der Waals surface area contributed by atoms with Gasteiger partial charge in [-0.15, -0.1) is 0 Å². The monoisotopic (exact) mass is 243 g/mol. The van der Waals surface area contributed by atoms with E-state index in [-0.39, 0.29) is 4.90 Å². The zero-order chi connectivity index (χ0) is 12.2. The third-order valence-electron chi connectivity index (χ3n) is 2.13. The van der Waals surface area contributed by atoms with Crippen molar-refractivity contribution >= 4 is 10.1 Å². The normalized spacial score (nSPS) is 13.7. The highest BCUT2D eigenvalue weighted by Crippen LogP contribution is 2.15. The molecule has 1 unspecified atom stereocenters. The van der Waals surface area contributed by atoms with Gasteiger partial charge in [0.1, 0.15) is 6.23 Å². The quantitative estimate of drug-likeness (QED) is 0.632. The smallest absolute Gasteiger partial charge is 0.298 e. The van der Waals surface area contributed by atoms with E-state index in [2.05, 4.69) is 0 Å². The first-order valence-electron chi connectivity index (χ1n) is 5.21. The Morgan fingerprint density at radius 2 is 1.88 bits per heavy atom. The summed E-state index contributed by atoms with van der Waals surface area (Å²) in [6.45, 7) is 3.81. The van der Waals surface area contributed by atoms with Crippen molar-refractivity contribution in [3.8, 4) is 0 Å². The molecule has 0 fully saturated rings. The number of benzene rings is 1. The van der Waals surface area contributed by atoms with Gasteiger partial charge in [-0.05, 0) is 25.5 Å². The highest BCUT2D eigenvalue weighted by molar-refractivity contribution is 7.86. The average Bonchev–Trinajstić information content (AvgIpc) is 2.17. The Hall–Kier alpha value is -0.910. The Bertz CT molecular complexity index is 425. The molecule has 0 spiro atoms. The zero-order valence-electron chi connectivity index (χ0n) is 9.51. The van der Waals surface area contributed by atoms with E-state index >= 15 is 0 Å². The van der Waals surface area contributed by atoms with Gasteiger partial charge in [0.05, 0.1) is 4.90 Å². The minimum Gasteiger partial charge on any atom is -0.305 e. The summed E-state index contributed by atoms with van der Waals surface area (Å²) >= 11 is 0. The van der Waals surface area contributed by atoms with Gasteiger partial charge >= 0.3 is 0 Å². The molecule has 0 aromatic heterocycles. The average molecular weight is 243 g/mol. The summed E-state index contributed by atoms with van der Waals surface area (Å²) in [5.74, 6) is 0. The predicted octanol–water partition coefficient (Wildman–Crippen LogP) is 1.79. The molecule has 0 radical (unpaired) electrons. The Balaban J connectivity index is 2.82. The van der Waals surface area contributed by atoms with Gasteiger partial charge in [-0.1, -0.05) is 31.0 Å². The Labute approximate surface area is 96.5 Å². The van der Waals surface area contributed by atoms with E-state index in [1.807, 2.05) is 13.8 Å². The molecule has 0 amide bonds. The summed E-state index contributed by atoms with van der Waals surface area (Å²) < 4.78 is 28.3. The molecule has 16 heavy (non-hydrogen) atoms. The lowest BCUT2D eigenvalue weighted by Crippen LogP contribution is -2.27. The lowest BCUT2D eigenvalue weighted by Gasteiger charge is -2.11. The van der Waals surface area contributed by atoms with E-state index < -0.39 is 16.3 Å². The summed E-state index contributed by atoms with van der Waals surface area (Å²) in [5.41, 5.74) is 6.53. The first-order chi connectivity index (χ1) is 7.45. The van der Waals surface area contributed by atoms with Gasteiger partial charge in [0.2, 0.25) is 0 Å². The fraction of sp³-hybridized carbons (Fsp3) is 0.455. The van der Waals surface area contributed by atoms with Crippen molar-refractivity contribution in [1.29, 1.82) is 0 Å². The fourth-order valence-electron chi connectivity index (χ4n) is 1.26. The van der Waals surface area contributed by atoms with Crippen LogP contribution in [0.15, 0.2) is 29.2 Å². The van der Waals surface area contributed by atoms with Crippen molar-refractivity contribution in [1.82, 2.24) is 0 Å². The van der Waals surface area contributed by atoms with Crippen LogP contribution in [0.1, 0.15) is 25.3 Å². The highest BCUT2D eigenvalue weighted by Gasteiger charge is 2.18. The van der Waals surface area contributed by atoms with E-state index in [1.54, 1.807) is 12.1 Å². The molecule has 1 atom stereocenters. The summed E-state index contributed by atoms with van der Waals surface area (Å²) in [7, 11) is -3.72. The first kappa shape index (κ1) is 13.2. The fourth-order valence-corrected chi connectivity index (χ4v) is 2.26. The van der Waals surface area contributed by atoms with Crippen molar-refractivity contribution in [3.05, 3.63) is 29.8 Å². The summed E-state index contributed by atoms with van der Waals surface area (Å²) in [6, 6.07) is 6.48. The molecule has 1 rings (SSSR count). The second-order valence-corrected chi connectivity index (χ2v) is 5.26. The summed E-state index contributed by atoms with van der Waals surface area (Å²) in [5, 5.41) is 0. The minimum absolute atomic E-state index is 0.143. The summed E-state index contributed by atoms with van der Waals surface area (Å²) in [6.07, 6.45) is 0.534. The van der Waals surface area contributed by atoms with Crippen LogP contribution in [0.5, 0.6) is 0 Å². The molecule has 2 N–H and O–H groups in total. The number of aryl methyl sites for hydroxylation is 1. The van der Waals surface area contributed by atoms with Gasteiger partial charge in [0, 0.05) is 0 Å². The lowest BCUT2D eigenvalue weighted by molar-refractivity contribution is 0.205. The van der Waals surface area contributed by atoms with E-state index in [9.17, 15) is 8.42 Å². The van der Waals surface area contributed by atoms with Gasteiger partial charge in [0.15, 0.2) is 0 Å². The van der Waals surface area contributed by atoms with E-state index in [0.29, 0.717) is 6.42 Å². The van der Waals surface area contributed by atoms with Crippen LogP contribution in [0.25, 0.3) is 0 Å². The SMILES string of the molecule is CCCC(N)OS(=O)(=O)c1ccc(C)cc1. The van der Waals surface area contributed by atoms with Crippen molar-refractivity contribution < 1.29 is 12.6 Å². The predicted molar refractivity (Wildman–Crippen MR) is 62.3 cm³/mol. The largest absolute Gasteiger partial charge is 0.305 e. The first-order valence-corrected chi connectivity index (χ1v) is 6.62. The van der Waals surface area contributed by atoms with Crippen LogP contribution >= 0.6 is 0 Å². The zero-order valence-corrected chi connectivity index (χ0v) is 10.3. The van der Waals surface area contributed by atoms with Gasteiger partial charge in [-0.2, -0.15) is 8.42 Å². The topological polar surface area (TPSA) is 69.4 Å². The van der Waals surface area contributed by atoms with Crippen LogP contribution in [-0.4, -0.2) is 14.6 Å². The van der Waals surface area contributed by atoms with E-state index in [0.717, 1.165) is 12.0 Å². The van der Waals surface area contributed by atoms with Crippen LogP contribution in [0, 0.1) is 6.92 Å². The van der Waals surface area contributed by atoms with Crippen molar-refractivity contribution in [3.63, 3.8) is 0 Å². The van der Waals surface area contributed by atoms with Gasteiger partial charge in [-0.3, -0.25) is 0 Å². The van der Waals surface area contributed by atoms with Gasteiger partial charge in [-0.25, -0.2) is 4.18 Å². The molecule has 0 bridgehead atoms. The Kier molecular flexibility index (Phi) is 4.46. The maximum absolute atomic E-state index is 11.7. The number of hydrogen-bond acceptors (Lipinski definition) is 4. The molecular weight excluding hydrogens is 226 g/mol. The standard InChI is InChI=1S/C11H17NO3S/c1-3-4-11(12)15-16(13,14)10-7-5-9(2)6-8-10/h5-8,11H,3-4,12H2,1-2H3.